The first-order valence-electron chi connectivity index (χ1n) is 7.73. The summed E-state index contributed by atoms with van der Waals surface area (Å²) in [6.45, 7) is 1.39. The normalized spacial score (nSPS) is 17.7. The molecule has 1 saturated heterocycles. The Morgan fingerprint density at radius 3 is 2.87 bits per heavy atom. The van der Waals surface area contributed by atoms with Gasteiger partial charge >= 0.3 is 0 Å². The van der Waals surface area contributed by atoms with E-state index in [0.29, 0.717) is 43.1 Å². The highest BCUT2D eigenvalue weighted by molar-refractivity contribution is 5.76. The maximum Gasteiger partial charge on any atom is 0.226 e. The van der Waals surface area contributed by atoms with Crippen LogP contribution in [0.4, 0.5) is 4.39 Å². The number of amides is 1. The number of likely N-dealkylation sites (tertiary alicyclic amines) is 1. The molecule has 0 unspecified atom stereocenters. The molecule has 3 rings (SSSR count). The molecule has 7 heteroatoms. The number of halogens is 1. The lowest BCUT2D eigenvalue weighted by Gasteiger charge is -2.15. The number of rotatable bonds is 5. The smallest absolute Gasteiger partial charge is 0.226 e. The van der Waals surface area contributed by atoms with Crippen molar-refractivity contribution in [3.63, 3.8) is 0 Å². The summed E-state index contributed by atoms with van der Waals surface area (Å²) in [5.74, 6) is 0.723. The number of benzene rings is 1. The highest BCUT2D eigenvalue weighted by Gasteiger charge is 2.23. The van der Waals surface area contributed by atoms with Crippen molar-refractivity contribution in [2.45, 2.75) is 31.7 Å². The second kappa shape index (κ2) is 6.87. The number of nitrogens with zero attached hydrogens (tertiary/aromatic N) is 3. The molecule has 1 aromatic carbocycles. The Hall–Kier alpha value is -2.28. The molecule has 1 aromatic heterocycles. The quantitative estimate of drug-likeness (QED) is 0.908. The van der Waals surface area contributed by atoms with Gasteiger partial charge < -0.3 is 15.2 Å². The lowest BCUT2D eigenvalue weighted by atomic mass is 10.2. The molecule has 0 bridgehead atoms. The van der Waals surface area contributed by atoms with Crippen molar-refractivity contribution >= 4 is 5.91 Å². The molecular weight excluding hydrogens is 299 g/mol. The number of aromatic nitrogens is 2. The van der Waals surface area contributed by atoms with Crippen molar-refractivity contribution in [2.75, 3.05) is 13.1 Å². The maximum absolute atomic E-state index is 12.9. The number of nitrogens with two attached hydrogens (primary N) is 1. The van der Waals surface area contributed by atoms with Crippen LogP contribution >= 0.6 is 0 Å². The number of hydrogen-bond donors (Lipinski definition) is 1. The molecule has 2 N–H and O–H groups in total. The van der Waals surface area contributed by atoms with Crippen LogP contribution in [-0.2, 0) is 11.2 Å². The molecule has 0 saturated carbocycles. The Morgan fingerprint density at radius 1 is 1.39 bits per heavy atom. The van der Waals surface area contributed by atoms with Gasteiger partial charge in [0.2, 0.25) is 17.6 Å². The average molecular weight is 318 g/mol. The van der Waals surface area contributed by atoms with Gasteiger partial charge in [-0.1, -0.05) is 5.16 Å². The van der Waals surface area contributed by atoms with Crippen molar-refractivity contribution in [3.05, 3.63) is 36.0 Å². The van der Waals surface area contributed by atoms with Crippen LogP contribution in [0.25, 0.3) is 11.4 Å². The summed E-state index contributed by atoms with van der Waals surface area (Å²) in [5, 5.41) is 3.88. The highest BCUT2D eigenvalue weighted by atomic mass is 19.1. The Morgan fingerprint density at radius 2 is 2.17 bits per heavy atom. The van der Waals surface area contributed by atoms with Gasteiger partial charge in [0.1, 0.15) is 5.82 Å². The first kappa shape index (κ1) is 15.6. The number of carbonyl (C=O) groups excluding carboxylic acids is 1. The van der Waals surface area contributed by atoms with Crippen molar-refractivity contribution in [2.24, 2.45) is 5.73 Å². The van der Waals surface area contributed by atoms with Crippen LogP contribution in [0, 0.1) is 5.82 Å². The van der Waals surface area contributed by atoms with Gasteiger partial charge in [0.05, 0.1) is 0 Å². The van der Waals surface area contributed by atoms with E-state index in [1.54, 1.807) is 12.1 Å². The van der Waals surface area contributed by atoms with Gasteiger partial charge in [-0.3, -0.25) is 4.79 Å². The second-order valence-electron chi connectivity index (χ2n) is 5.76. The van der Waals surface area contributed by atoms with E-state index < -0.39 is 0 Å². The van der Waals surface area contributed by atoms with E-state index in [1.807, 2.05) is 4.90 Å². The largest absolute Gasteiger partial charge is 0.341 e. The fourth-order valence-corrected chi connectivity index (χ4v) is 2.64. The van der Waals surface area contributed by atoms with Crippen LogP contribution in [0.5, 0.6) is 0 Å². The molecular formula is C16H19FN4O2. The minimum atomic E-state index is -0.308. The molecule has 0 radical (unpaired) electrons. The molecule has 2 aromatic rings. The fraction of sp³-hybridized carbons (Fsp3) is 0.438. The van der Waals surface area contributed by atoms with Gasteiger partial charge in [-0.05, 0) is 37.1 Å². The first-order chi connectivity index (χ1) is 11.1. The first-order valence-corrected chi connectivity index (χ1v) is 7.73. The van der Waals surface area contributed by atoms with Gasteiger partial charge in [0.25, 0.3) is 0 Å². The van der Waals surface area contributed by atoms with Crippen LogP contribution in [0.2, 0.25) is 0 Å². The molecule has 2 heterocycles. The summed E-state index contributed by atoms with van der Waals surface area (Å²) >= 11 is 0. The standard InChI is InChI=1S/C16H19FN4O2/c17-12-6-4-11(5-7-12)16-19-14(23-20-16)2-1-3-15(22)21-9-8-13(18)10-21/h4-7,13H,1-3,8-10,18H2/t13-/m1/s1. The number of carbonyl (C=O) groups is 1. The Balaban J connectivity index is 1.49. The van der Waals surface area contributed by atoms with E-state index in [9.17, 15) is 9.18 Å². The van der Waals surface area contributed by atoms with E-state index in [4.69, 9.17) is 10.3 Å². The lowest BCUT2D eigenvalue weighted by Crippen LogP contribution is -2.31. The molecule has 6 nitrogen and oxygen atoms in total. The summed E-state index contributed by atoms with van der Waals surface area (Å²) in [7, 11) is 0. The Kier molecular flexibility index (Phi) is 4.66. The van der Waals surface area contributed by atoms with Crippen molar-refractivity contribution in [3.8, 4) is 11.4 Å². The van der Waals surface area contributed by atoms with E-state index in [1.165, 1.54) is 12.1 Å². The van der Waals surface area contributed by atoms with Crippen molar-refractivity contribution in [1.82, 2.24) is 15.0 Å². The number of hydrogen-bond acceptors (Lipinski definition) is 5. The molecule has 1 atom stereocenters. The molecule has 1 amide bonds. The van der Waals surface area contributed by atoms with Gasteiger partial charge in [-0.25, -0.2) is 4.39 Å². The molecule has 1 fully saturated rings. The van der Waals surface area contributed by atoms with E-state index in [2.05, 4.69) is 10.1 Å². The SMILES string of the molecule is N[C@@H]1CCN(C(=O)CCCc2nc(-c3ccc(F)cc3)no2)C1. The summed E-state index contributed by atoms with van der Waals surface area (Å²) in [4.78, 5) is 18.1. The minimum absolute atomic E-state index is 0.105. The van der Waals surface area contributed by atoms with Crippen molar-refractivity contribution in [1.29, 1.82) is 0 Å². The molecule has 23 heavy (non-hydrogen) atoms. The molecule has 0 aliphatic carbocycles. The topological polar surface area (TPSA) is 85.2 Å². The average Bonchev–Trinajstić information content (AvgIpc) is 3.17. The lowest BCUT2D eigenvalue weighted by molar-refractivity contribution is -0.130. The van der Waals surface area contributed by atoms with Crippen LogP contribution < -0.4 is 5.73 Å². The molecule has 122 valence electrons. The Labute approximate surface area is 133 Å². The Bertz CT molecular complexity index is 671. The van der Waals surface area contributed by atoms with Gasteiger partial charge in [-0.15, -0.1) is 0 Å². The molecule has 1 aliphatic rings. The monoisotopic (exact) mass is 318 g/mol. The second-order valence-corrected chi connectivity index (χ2v) is 5.76. The minimum Gasteiger partial charge on any atom is -0.341 e. The third-order valence-corrected chi connectivity index (χ3v) is 3.93. The zero-order valence-electron chi connectivity index (χ0n) is 12.7. The van der Waals surface area contributed by atoms with Crippen LogP contribution in [0.15, 0.2) is 28.8 Å². The summed E-state index contributed by atoms with van der Waals surface area (Å²) < 4.78 is 18.1. The van der Waals surface area contributed by atoms with E-state index in [-0.39, 0.29) is 17.8 Å². The van der Waals surface area contributed by atoms with E-state index >= 15 is 0 Å². The van der Waals surface area contributed by atoms with Crippen LogP contribution in [0.3, 0.4) is 0 Å². The molecule has 0 spiro atoms. The third-order valence-electron chi connectivity index (χ3n) is 3.93. The summed E-state index contributed by atoms with van der Waals surface area (Å²) in [6.07, 6.45) is 2.51. The fourth-order valence-electron chi connectivity index (χ4n) is 2.64. The molecule has 1 aliphatic heterocycles. The van der Waals surface area contributed by atoms with Crippen LogP contribution in [-0.4, -0.2) is 40.1 Å². The van der Waals surface area contributed by atoms with Gasteiger partial charge in [0.15, 0.2) is 0 Å². The van der Waals surface area contributed by atoms with Gasteiger partial charge in [0, 0.05) is 37.5 Å². The summed E-state index contributed by atoms with van der Waals surface area (Å²) in [5.41, 5.74) is 6.50. The number of aryl methyl sites for hydroxylation is 1. The predicted octanol–water partition coefficient (Wildman–Crippen LogP) is 1.76. The summed E-state index contributed by atoms with van der Waals surface area (Å²) in [6, 6.07) is 6.01. The zero-order valence-corrected chi connectivity index (χ0v) is 12.7. The van der Waals surface area contributed by atoms with Crippen molar-refractivity contribution < 1.29 is 13.7 Å². The predicted molar refractivity (Wildman–Crippen MR) is 81.8 cm³/mol. The van der Waals surface area contributed by atoms with Crippen LogP contribution in [0.1, 0.15) is 25.2 Å². The maximum atomic E-state index is 12.9. The van der Waals surface area contributed by atoms with E-state index in [0.717, 1.165) is 13.0 Å². The highest BCUT2D eigenvalue weighted by Crippen LogP contribution is 2.17. The third kappa shape index (κ3) is 3.92. The van der Waals surface area contributed by atoms with Gasteiger partial charge in [-0.2, -0.15) is 4.98 Å². The zero-order chi connectivity index (χ0) is 16.2.